The molecule has 3 nitrogen and oxygen atoms in total. The lowest BCUT2D eigenvalue weighted by atomic mass is 10.0. The van der Waals surface area contributed by atoms with E-state index in [0.29, 0.717) is 17.9 Å². The van der Waals surface area contributed by atoms with Crippen LogP contribution in [0.2, 0.25) is 5.02 Å². The Hall–Kier alpha value is -1.39. The predicted molar refractivity (Wildman–Crippen MR) is 70.0 cm³/mol. The van der Waals surface area contributed by atoms with Gasteiger partial charge in [-0.1, -0.05) is 17.7 Å². The first-order valence-electron chi connectivity index (χ1n) is 5.72. The van der Waals surface area contributed by atoms with Gasteiger partial charge in [0.05, 0.1) is 5.69 Å². The van der Waals surface area contributed by atoms with Crippen LogP contribution in [0.5, 0.6) is 0 Å². The van der Waals surface area contributed by atoms with Crippen molar-refractivity contribution < 1.29 is 4.39 Å². The lowest BCUT2D eigenvalue weighted by Gasteiger charge is -2.11. The maximum Gasteiger partial charge on any atom is 0.124 e. The largest absolute Gasteiger partial charge is 0.327 e. The van der Waals surface area contributed by atoms with Crippen LogP contribution in [0.4, 0.5) is 4.39 Å². The molecule has 1 aromatic carbocycles. The van der Waals surface area contributed by atoms with Gasteiger partial charge in [-0.15, -0.1) is 0 Å². The highest BCUT2D eigenvalue weighted by Crippen LogP contribution is 2.19. The Labute approximate surface area is 110 Å². The maximum atomic E-state index is 12.9. The molecule has 0 bridgehead atoms. The van der Waals surface area contributed by atoms with E-state index in [4.69, 9.17) is 17.3 Å². The highest BCUT2D eigenvalue weighted by molar-refractivity contribution is 6.31. The number of nitrogens with zero attached hydrogens (tertiary/aromatic N) is 2. The Bertz CT molecular complexity index is 539. The molecular weight excluding hydrogens is 253 g/mol. The van der Waals surface area contributed by atoms with Crippen LogP contribution in [0, 0.1) is 5.82 Å². The van der Waals surface area contributed by atoms with Crippen molar-refractivity contribution in [1.82, 2.24) is 9.78 Å². The molecule has 96 valence electrons. The SMILES string of the molecule is Cn1ccc(CC(N)Cc2ccc(F)cc2Cl)n1. The Morgan fingerprint density at radius 1 is 1.39 bits per heavy atom. The zero-order valence-corrected chi connectivity index (χ0v) is 10.9. The van der Waals surface area contributed by atoms with Crippen molar-refractivity contribution in [3.05, 3.63) is 52.6 Å². The minimum Gasteiger partial charge on any atom is -0.327 e. The van der Waals surface area contributed by atoms with E-state index in [-0.39, 0.29) is 11.9 Å². The third-order valence-electron chi connectivity index (χ3n) is 2.74. The van der Waals surface area contributed by atoms with Crippen molar-refractivity contribution in [2.24, 2.45) is 12.8 Å². The second-order valence-corrected chi connectivity index (χ2v) is 4.79. The molecule has 0 aliphatic carbocycles. The van der Waals surface area contributed by atoms with Crippen LogP contribution in [0.3, 0.4) is 0 Å². The van der Waals surface area contributed by atoms with Crippen LogP contribution in [-0.4, -0.2) is 15.8 Å². The third kappa shape index (κ3) is 3.31. The van der Waals surface area contributed by atoms with Gasteiger partial charge in [0.1, 0.15) is 5.82 Å². The summed E-state index contributed by atoms with van der Waals surface area (Å²) < 4.78 is 14.6. The van der Waals surface area contributed by atoms with Crippen molar-refractivity contribution in [2.75, 3.05) is 0 Å². The van der Waals surface area contributed by atoms with Gasteiger partial charge in [0.15, 0.2) is 0 Å². The molecule has 0 aliphatic rings. The van der Waals surface area contributed by atoms with E-state index >= 15 is 0 Å². The van der Waals surface area contributed by atoms with Gasteiger partial charge >= 0.3 is 0 Å². The second-order valence-electron chi connectivity index (χ2n) is 4.38. The summed E-state index contributed by atoms with van der Waals surface area (Å²) in [5.41, 5.74) is 7.86. The molecule has 2 rings (SSSR count). The minimum absolute atomic E-state index is 0.0807. The molecule has 0 amide bonds. The fourth-order valence-electron chi connectivity index (χ4n) is 1.88. The molecular formula is C13H15ClFN3. The third-order valence-corrected chi connectivity index (χ3v) is 3.09. The van der Waals surface area contributed by atoms with Gasteiger partial charge in [0.25, 0.3) is 0 Å². The van der Waals surface area contributed by atoms with E-state index in [2.05, 4.69) is 5.10 Å². The molecule has 0 saturated heterocycles. The minimum atomic E-state index is -0.331. The first kappa shape index (κ1) is 13.1. The van der Waals surface area contributed by atoms with Crippen LogP contribution < -0.4 is 5.73 Å². The summed E-state index contributed by atoms with van der Waals surface area (Å²) in [5.74, 6) is -0.331. The molecule has 1 aromatic heterocycles. The van der Waals surface area contributed by atoms with Crippen molar-refractivity contribution in [3.8, 4) is 0 Å². The van der Waals surface area contributed by atoms with Gasteiger partial charge in [-0.25, -0.2) is 4.39 Å². The molecule has 0 radical (unpaired) electrons. The summed E-state index contributed by atoms with van der Waals surface area (Å²) in [4.78, 5) is 0. The van der Waals surface area contributed by atoms with Crippen LogP contribution in [-0.2, 0) is 19.9 Å². The van der Waals surface area contributed by atoms with Gasteiger partial charge in [-0.3, -0.25) is 4.68 Å². The quantitative estimate of drug-likeness (QED) is 0.924. The van der Waals surface area contributed by atoms with E-state index in [1.54, 1.807) is 10.7 Å². The van der Waals surface area contributed by atoms with Crippen molar-refractivity contribution in [3.63, 3.8) is 0 Å². The zero-order valence-electron chi connectivity index (χ0n) is 10.1. The molecule has 0 saturated carbocycles. The molecule has 5 heteroatoms. The Morgan fingerprint density at radius 3 is 2.78 bits per heavy atom. The average molecular weight is 268 g/mol. The number of rotatable bonds is 4. The number of nitrogens with two attached hydrogens (primary N) is 1. The Balaban J connectivity index is 2.00. The number of hydrogen-bond donors (Lipinski definition) is 1. The lowest BCUT2D eigenvalue weighted by Crippen LogP contribution is -2.26. The topological polar surface area (TPSA) is 43.8 Å². The smallest absolute Gasteiger partial charge is 0.124 e. The molecule has 1 atom stereocenters. The molecule has 18 heavy (non-hydrogen) atoms. The fourth-order valence-corrected chi connectivity index (χ4v) is 2.13. The second kappa shape index (κ2) is 5.50. The fraction of sp³-hybridized carbons (Fsp3) is 0.308. The van der Waals surface area contributed by atoms with E-state index in [0.717, 1.165) is 11.3 Å². The molecule has 1 heterocycles. The number of benzene rings is 1. The summed E-state index contributed by atoms with van der Waals surface area (Å²) in [6, 6.07) is 6.24. The summed E-state index contributed by atoms with van der Waals surface area (Å²) >= 11 is 5.97. The van der Waals surface area contributed by atoms with Crippen LogP contribution >= 0.6 is 11.6 Å². The van der Waals surface area contributed by atoms with Crippen molar-refractivity contribution >= 4 is 11.6 Å². The van der Waals surface area contributed by atoms with E-state index in [1.807, 2.05) is 19.3 Å². The summed E-state index contributed by atoms with van der Waals surface area (Å²) in [5, 5.41) is 4.70. The molecule has 0 aliphatic heterocycles. The number of aryl methyl sites for hydroxylation is 1. The van der Waals surface area contributed by atoms with Crippen LogP contribution in [0.15, 0.2) is 30.5 Å². The highest BCUT2D eigenvalue weighted by Gasteiger charge is 2.10. The Kier molecular flexibility index (Phi) is 3.99. The maximum absolute atomic E-state index is 12.9. The van der Waals surface area contributed by atoms with E-state index in [1.165, 1.54) is 12.1 Å². The van der Waals surface area contributed by atoms with Crippen LogP contribution in [0.25, 0.3) is 0 Å². The van der Waals surface area contributed by atoms with E-state index < -0.39 is 0 Å². The van der Waals surface area contributed by atoms with Crippen molar-refractivity contribution in [1.29, 1.82) is 0 Å². The lowest BCUT2D eigenvalue weighted by molar-refractivity contribution is 0.620. The van der Waals surface area contributed by atoms with Crippen molar-refractivity contribution in [2.45, 2.75) is 18.9 Å². The molecule has 0 spiro atoms. The number of hydrogen-bond acceptors (Lipinski definition) is 2. The summed E-state index contributed by atoms with van der Waals surface area (Å²) in [6.07, 6.45) is 3.16. The highest BCUT2D eigenvalue weighted by atomic mass is 35.5. The Morgan fingerprint density at radius 2 is 2.17 bits per heavy atom. The zero-order chi connectivity index (χ0) is 13.1. The number of aromatic nitrogens is 2. The monoisotopic (exact) mass is 267 g/mol. The number of halogens is 2. The van der Waals surface area contributed by atoms with Gasteiger partial charge < -0.3 is 5.73 Å². The standard InChI is InChI=1S/C13H15ClFN3/c1-18-5-4-12(17-18)8-11(16)6-9-2-3-10(15)7-13(9)14/h2-5,7,11H,6,8,16H2,1H3. The summed E-state index contributed by atoms with van der Waals surface area (Å²) in [7, 11) is 1.87. The molecule has 1 unspecified atom stereocenters. The first-order chi connectivity index (χ1) is 8.54. The van der Waals surface area contributed by atoms with E-state index in [9.17, 15) is 4.39 Å². The van der Waals surface area contributed by atoms with Gasteiger partial charge in [0.2, 0.25) is 0 Å². The molecule has 2 N–H and O–H groups in total. The van der Waals surface area contributed by atoms with Crippen LogP contribution in [0.1, 0.15) is 11.3 Å². The normalized spacial score (nSPS) is 12.7. The van der Waals surface area contributed by atoms with Gasteiger partial charge in [-0.05, 0) is 30.2 Å². The summed E-state index contributed by atoms with van der Waals surface area (Å²) in [6.45, 7) is 0. The predicted octanol–water partition coefficient (Wildman–Crippen LogP) is 2.33. The van der Waals surface area contributed by atoms with Gasteiger partial charge in [-0.2, -0.15) is 5.10 Å². The molecule has 0 fully saturated rings. The average Bonchev–Trinajstić information content (AvgIpc) is 2.68. The first-order valence-corrected chi connectivity index (χ1v) is 6.10. The molecule has 2 aromatic rings. The van der Waals surface area contributed by atoms with Gasteiger partial charge in [0, 0.05) is 30.7 Å².